The molecule has 35 heavy (non-hydrogen) atoms. The molecule has 0 radical (unpaired) electrons. The van der Waals surface area contributed by atoms with Gasteiger partial charge in [-0.2, -0.15) is 0 Å². The van der Waals surface area contributed by atoms with E-state index in [2.05, 4.69) is 54.7 Å². The Morgan fingerprint density at radius 1 is 1.23 bits per heavy atom. The molecule has 0 fully saturated rings. The summed E-state index contributed by atoms with van der Waals surface area (Å²) in [6, 6.07) is 5.71. The Morgan fingerprint density at radius 3 is 2.66 bits per heavy atom. The molecule has 5 heteroatoms. The van der Waals surface area contributed by atoms with E-state index in [0.29, 0.717) is 11.6 Å². The maximum atomic E-state index is 13.0. The van der Waals surface area contributed by atoms with Crippen molar-refractivity contribution in [2.45, 2.75) is 54.0 Å². The molecule has 1 N–H and O–H groups in total. The van der Waals surface area contributed by atoms with Gasteiger partial charge in [-0.15, -0.1) is 0 Å². The number of imidazole rings is 1. The van der Waals surface area contributed by atoms with Crippen molar-refractivity contribution in [2.75, 3.05) is 5.32 Å². The maximum absolute atomic E-state index is 13.0. The number of halogens is 1. The molecule has 4 nitrogen and oxygen atoms in total. The van der Waals surface area contributed by atoms with Gasteiger partial charge in [0.25, 0.3) is 0 Å². The van der Waals surface area contributed by atoms with Gasteiger partial charge in [-0.05, 0) is 80.4 Å². The zero-order chi connectivity index (χ0) is 25.4. The van der Waals surface area contributed by atoms with E-state index in [0.717, 1.165) is 24.1 Å². The standard InChI is InChI=1S/C30H36FN3O.H2/c1-22(7-6-8-23(2)19-29(35)33-27-12-10-26(31)11-13-27)9-14-28-24(3)25(15-16-30(28,4)5)20-34-18-17-32-21-34;/h6-14,17-19,21,25H,15-16,20H2,1-5H3,(H,33,35);1H/b8-6+,14-9+,22-7+,23-19+;. The molecule has 1 aliphatic rings. The van der Waals surface area contributed by atoms with Crippen LogP contribution in [0.4, 0.5) is 10.1 Å². The highest BCUT2D eigenvalue weighted by atomic mass is 19.1. The van der Waals surface area contributed by atoms with Crippen LogP contribution in [0.3, 0.4) is 0 Å². The second-order valence-electron chi connectivity index (χ2n) is 9.96. The van der Waals surface area contributed by atoms with Gasteiger partial charge in [-0.3, -0.25) is 4.79 Å². The Hall–Kier alpha value is -3.47. The number of amides is 1. The molecule has 1 aromatic carbocycles. The predicted octanol–water partition coefficient (Wildman–Crippen LogP) is 7.66. The topological polar surface area (TPSA) is 46.9 Å². The van der Waals surface area contributed by atoms with Crippen molar-refractivity contribution in [3.05, 3.63) is 108 Å². The zero-order valence-corrected chi connectivity index (χ0v) is 21.4. The number of carbonyl (C=O) groups excluding carboxylic acids is 1. The summed E-state index contributed by atoms with van der Waals surface area (Å²) in [5.41, 5.74) is 5.55. The molecule has 1 aliphatic carbocycles. The first-order chi connectivity index (χ1) is 16.6. The zero-order valence-electron chi connectivity index (χ0n) is 21.4. The Balaban J connectivity index is 0.00000456. The molecule has 1 unspecified atom stereocenters. The third kappa shape index (κ3) is 7.78. The van der Waals surface area contributed by atoms with Crippen LogP contribution < -0.4 is 5.32 Å². The van der Waals surface area contributed by atoms with Crippen LogP contribution in [0.1, 0.15) is 48.9 Å². The lowest BCUT2D eigenvalue weighted by molar-refractivity contribution is -0.111. The van der Waals surface area contributed by atoms with Crippen LogP contribution in [0, 0.1) is 17.2 Å². The van der Waals surface area contributed by atoms with E-state index in [4.69, 9.17) is 0 Å². The van der Waals surface area contributed by atoms with Gasteiger partial charge in [0.1, 0.15) is 5.82 Å². The number of hydrogen-bond donors (Lipinski definition) is 1. The van der Waals surface area contributed by atoms with Crippen molar-refractivity contribution in [2.24, 2.45) is 11.3 Å². The largest absolute Gasteiger partial charge is 0.337 e. The highest BCUT2D eigenvalue weighted by Gasteiger charge is 2.31. The fraction of sp³-hybridized carbons (Fsp3) is 0.333. The Labute approximate surface area is 210 Å². The molecule has 0 spiro atoms. The number of nitrogens with zero attached hydrogens (tertiary/aromatic N) is 2. The minimum atomic E-state index is -0.332. The average molecular weight is 476 g/mol. The lowest BCUT2D eigenvalue weighted by Gasteiger charge is -2.37. The van der Waals surface area contributed by atoms with Gasteiger partial charge in [0.05, 0.1) is 6.33 Å². The van der Waals surface area contributed by atoms with Gasteiger partial charge < -0.3 is 9.88 Å². The van der Waals surface area contributed by atoms with Crippen LogP contribution in [-0.4, -0.2) is 15.5 Å². The van der Waals surface area contributed by atoms with Gasteiger partial charge in [0.2, 0.25) is 5.91 Å². The molecule has 0 bridgehead atoms. The van der Waals surface area contributed by atoms with Crippen molar-refractivity contribution in [1.29, 1.82) is 0 Å². The second-order valence-corrected chi connectivity index (χ2v) is 9.96. The minimum Gasteiger partial charge on any atom is -0.337 e. The summed E-state index contributed by atoms with van der Waals surface area (Å²) in [6.45, 7) is 11.8. The summed E-state index contributed by atoms with van der Waals surface area (Å²) < 4.78 is 15.2. The van der Waals surface area contributed by atoms with Crippen molar-refractivity contribution < 1.29 is 10.6 Å². The van der Waals surface area contributed by atoms with Crippen LogP contribution in [0.25, 0.3) is 0 Å². The normalized spacial score (nSPS) is 19.1. The van der Waals surface area contributed by atoms with Crippen LogP contribution in [0.5, 0.6) is 0 Å². The molecule has 1 atom stereocenters. The monoisotopic (exact) mass is 475 g/mol. The molecule has 1 heterocycles. The first-order valence-corrected chi connectivity index (χ1v) is 12.1. The number of nitrogens with one attached hydrogen (secondary N) is 1. The van der Waals surface area contributed by atoms with E-state index < -0.39 is 0 Å². The van der Waals surface area contributed by atoms with Crippen molar-refractivity contribution in [3.63, 3.8) is 0 Å². The highest BCUT2D eigenvalue weighted by molar-refractivity contribution is 5.99. The summed E-state index contributed by atoms with van der Waals surface area (Å²) in [7, 11) is 0. The van der Waals surface area contributed by atoms with Crippen LogP contribution in [0.15, 0.2) is 102 Å². The van der Waals surface area contributed by atoms with Gasteiger partial charge in [0.15, 0.2) is 0 Å². The number of hydrogen-bond acceptors (Lipinski definition) is 2. The van der Waals surface area contributed by atoms with Crippen LogP contribution >= 0.6 is 0 Å². The highest BCUT2D eigenvalue weighted by Crippen LogP contribution is 2.44. The van der Waals surface area contributed by atoms with E-state index in [1.807, 2.05) is 43.9 Å². The molecule has 3 rings (SSSR count). The lowest BCUT2D eigenvalue weighted by atomic mass is 9.68. The lowest BCUT2D eigenvalue weighted by Crippen LogP contribution is -2.26. The molecule has 1 aromatic heterocycles. The summed E-state index contributed by atoms with van der Waals surface area (Å²) in [5, 5.41) is 2.73. The Bertz CT molecular complexity index is 1170. The number of benzene rings is 1. The van der Waals surface area contributed by atoms with E-state index in [9.17, 15) is 9.18 Å². The van der Waals surface area contributed by atoms with Crippen molar-refractivity contribution >= 4 is 11.6 Å². The minimum absolute atomic E-state index is 0. The molecule has 186 valence electrons. The fourth-order valence-corrected chi connectivity index (χ4v) is 4.46. The van der Waals surface area contributed by atoms with Crippen molar-refractivity contribution in [3.8, 4) is 0 Å². The van der Waals surface area contributed by atoms with Gasteiger partial charge in [-0.1, -0.05) is 55.4 Å². The van der Waals surface area contributed by atoms with E-state index in [1.165, 1.54) is 47.9 Å². The maximum Gasteiger partial charge on any atom is 0.248 e. The molecule has 2 aromatic rings. The van der Waals surface area contributed by atoms with E-state index in [-0.39, 0.29) is 18.6 Å². The van der Waals surface area contributed by atoms with Crippen LogP contribution in [-0.2, 0) is 11.3 Å². The van der Waals surface area contributed by atoms with Crippen LogP contribution in [0.2, 0.25) is 0 Å². The first kappa shape index (κ1) is 26.1. The summed E-state index contributed by atoms with van der Waals surface area (Å²) in [6.07, 6.45) is 20.0. The molecular weight excluding hydrogens is 437 g/mol. The number of carbonyl (C=O) groups is 1. The van der Waals surface area contributed by atoms with E-state index >= 15 is 0 Å². The number of anilines is 1. The fourth-order valence-electron chi connectivity index (χ4n) is 4.46. The second kappa shape index (κ2) is 11.8. The van der Waals surface area contributed by atoms with E-state index in [1.54, 1.807) is 0 Å². The average Bonchev–Trinajstić information content (AvgIpc) is 3.30. The third-order valence-electron chi connectivity index (χ3n) is 6.58. The molecular formula is C30H38FN3O. The smallest absolute Gasteiger partial charge is 0.248 e. The third-order valence-corrected chi connectivity index (χ3v) is 6.58. The first-order valence-electron chi connectivity index (χ1n) is 12.1. The Kier molecular flexibility index (Phi) is 8.80. The molecule has 0 saturated heterocycles. The SMILES string of the molecule is CC1=C(/C=C/C(C)=C/C=C/C(C)=C/C(=O)Nc2ccc(F)cc2)C(C)(C)CCC1Cn1ccnc1.[HH]. The van der Waals surface area contributed by atoms with Gasteiger partial charge in [-0.25, -0.2) is 9.37 Å². The quantitative estimate of drug-likeness (QED) is 0.315. The summed E-state index contributed by atoms with van der Waals surface area (Å²) in [4.78, 5) is 16.3. The summed E-state index contributed by atoms with van der Waals surface area (Å²) >= 11 is 0. The van der Waals surface area contributed by atoms with Gasteiger partial charge in [0, 0.05) is 32.1 Å². The molecule has 0 saturated carbocycles. The number of rotatable bonds is 8. The molecule has 1 amide bonds. The van der Waals surface area contributed by atoms with Crippen molar-refractivity contribution in [1.82, 2.24) is 9.55 Å². The summed E-state index contributed by atoms with van der Waals surface area (Å²) in [5.74, 6) is -0.0527. The molecule has 0 aliphatic heterocycles. The Morgan fingerprint density at radius 2 is 1.97 bits per heavy atom. The predicted molar refractivity (Wildman–Crippen MR) is 144 cm³/mol. The van der Waals surface area contributed by atoms with Gasteiger partial charge >= 0.3 is 0 Å². The number of aromatic nitrogens is 2. The number of allylic oxidation sites excluding steroid dienone is 9.